The molecule has 1 aromatic carbocycles. The maximum absolute atomic E-state index is 12.4. The largest absolute Gasteiger partial charge is 0.375 e. The van der Waals surface area contributed by atoms with E-state index in [1.807, 2.05) is 6.92 Å². The third kappa shape index (κ3) is 3.29. The zero-order chi connectivity index (χ0) is 15.4. The number of hydrogen-bond acceptors (Lipinski definition) is 6. The van der Waals surface area contributed by atoms with Crippen molar-refractivity contribution in [3.05, 3.63) is 33.9 Å². The molecule has 1 heterocycles. The van der Waals surface area contributed by atoms with Crippen molar-refractivity contribution in [2.24, 2.45) is 5.84 Å². The van der Waals surface area contributed by atoms with E-state index >= 15 is 0 Å². The van der Waals surface area contributed by atoms with Crippen LogP contribution in [-0.4, -0.2) is 41.5 Å². The second-order valence-corrected chi connectivity index (χ2v) is 4.79. The molecule has 8 heteroatoms. The summed E-state index contributed by atoms with van der Waals surface area (Å²) >= 11 is 0. The Kier molecular flexibility index (Phi) is 4.71. The first-order valence-corrected chi connectivity index (χ1v) is 6.72. The van der Waals surface area contributed by atoms with Crippen LogP contribution in [0.15, 0.2) is 18.2 Å². The monoisotopic (exact) mass is 294 g/mol. The number of nitrogen functional groups attached to an aromatic ring is 1. The molecule has 1 aromatic rings. The molecule has 0 aromatic heterocycles. The number of anilines is 1. The van der Waals surface area contributed by atoms with Crippen LogP contribution in [0.5, 0.6) is 0 Å². The number of nitro groups is 1. The number of rotatable bonds is 4. The Morgan fingerprint density at radius 1 is 1.62 bits per heavy atom. The maximum Gasteiger partial charge on any atom is 0.294 e. The highest BCUT2D eigenvalue weighted by atomic mass is 16.6. The van der Waals surface area contributed by atoms with Gasteiger partial charge in [0, 0.05) is 24.7 Å². The molecule has 3 N–H and O–H groups in total. The van der Waals surface area contributed by atoms with Gasteiger partial charge in [0.05, 0.1) is 17.6 Å². The highest BCUT2D eigenvalue weighted by Crippen LogP contribution is 2.25. The van der Waals surface area contributed by atoms with Crippen molar-refractivity contribution >= 4 is 17.3 Å². The van der Waals surface area contributed by atoms with Gasteiger partial charge in [-0.15, -0.1) is 0 Å². The summed E-state index contributed by atoms with van der Waals surface area (Å²) in [4.78, 5) is 24.5. The molecule has 1 saturated heterocycles. The quantitative estimate of drug-likeness (QED) is 0.489. The fraction of sp³-hybridized carbons (Fsp3) is 0.462. The molecule has 1 aliphatic rings. The zero-order valence-electron chi connectivity index (χ0n) is 11.7. The highest BCUT2D eigenvalue weighted by Gasteiger charge is 2.25. The third-order valence-electron chi connectivity index (χ3n) is 3.48. The van der Waals surface area contributed by atoms with E-state index in [0.29, 0.717) is 19.7 Å². The molecular formula is C13H18N4O4. The van der Waals surface area contributed by atoms with Gasteiger partial charge in [-0.25, -0.2) is 0 Å². The summed E-state index contributed by atoms with van der Waals surface area (Å²) in [6, 6.07) is 4.21. The lowest BCUT2D eigenvalue weighted by Crippen LogP contribution is -2.45. The number of benzene rings is 1. The first kappa shape index (κ1) is 15.2. The van der Waals surface area contributed by atoms with Crippen LogP contribution in [0.3, 0.4) is 0 Å². The van der Waals surface area contributed by atoms with Gasteiger partial charge in [-0.05, 0) is 18.6 Å². The molecule has 1 atom stereocenters. The van der Waals surface area contributed by atoms with Crippen molar-refractivity contribution in [1.82, 2.24) is 4.90 Å². The Labute approximate surface area is 122 Å². The maximum atomic E-state index is 12.4. The summed E-state index contributed by atoms with van der Waals surface area (Å²) in [5.41, 5.74) is 2.48. The molecule has 114 valence electrons. The lowest BCUT2D eigenvalue weighted by molar-refractivity contribution is -0.384. The van der Waals surface area contributed by atoms with Crippen molar-refractivity contribution in [2.75, 3.05) is 25.1 Å². The van der Waals surface area contributed by atoms with Crippen molar-refractivity contribution < 1.29 is 14.5 Å². The van der Waals surface area contributed by atoms with Crippen LogP contribution >= 0.6 is 0 Å². The number of amides is 1. The van der Waals surface area contributed by atoms with E-state index in [2.05, 4.69) is 5.43 Å². The zero-order valence-corrected chi connectivity index (χ0v) is 11.7. The van der Waals surface area contributed by atoms with E-state index in [1.165, 1.54) is 18.2 Å². The number of ether oxygens (including phenoxy) is 1. The van der Waals surface area contributed by atoms with Gasteiger partial charge in [-0.3, -0.25) is 20.8 Å². The molecule has 0 aliphatic carbocycles. The number of hydrazine groups is 1. The van der Waals surface area contributed by atoms with Crippen LogP contribution in [0.4, 0.5) is 11.4 Å². The Morgan fingerprint density at radius 2 is 2.38 bits per heavy atom. The topological polar surface area (TPSA) is 111 Å². The molecule has 0 radical (unpaired) electrons. The van der Waals surface area contributed by atoms with Crippen molar-refractivity contribution in [1.29, 1.82) is 0 Å². The van der Waals surface area contributed by atoms with Crippen molar-refractivity contribution in [3.8, 4) is 0 Å². The van der Waals surface area contributed by atoms with Gasteiger partial charge < -0.3 is 15.1 Å². The summed E-state index contributed by atoms with van der Waals surface area (Å²) in [7, 11) is 0. The molecule has 8 nitrogen and oxygen atoms in total. The second kappa shape index (κ2) is 6.51. The van der Waals surface area contributed by atoms with Gasteiger partial charge in [0.2, 0.25) is 0 Å². The Morgan fingerprint density at radius 3 is 3.00 bits per heavy atom. The summed E-state index contributed by atoms with van der Waals surface area (Å²) in [6.07, 6.45) is 0.836. The van der Waals surface area contributed by atoms with Crippen LogP contribution in [-0.2, 0) is 4.74 Å². The minimum atomic E-state index is -0.569. The van der Waals surface area contributed by atoms with Crippen LogP contribution in [0.1, 0.15) is 23.7 Å². The predicted molar refractivity (Wildman–Crippen MR) is 76.8 cm³/mol. The third-order valence-corrected chi connectivity index (χ3v) is 3.48. The number of nitrogens with zero attached hydrogens (tertiary/aromatic N) is 2. The van der Waals surface area contributed by atoms with Gasteiger partial charge in [0.15, 0.2) is 0 Å². The molecule has 0 bridgehead atoms. The fourth-order valence-corrected chi connectivity index (χ4v) is 2.27. The summed E-state index contributed by atoms with van der Waals surface area (Å²) in [5, 5.41) is 11.0. The van der Waals surface area contributed by atoms with Crippen LogP contribution in [0, 0.1) is 10.1 Å². The molecule has 21 heavy (non-hydrogen) atoms. The van der Waals surface area contributed by atoms with Gasteiger partial charge in [-0.1, -0.05) is 6.92 Å². The standard InChI is InChI=1S/C13H18N4O4/c1-2-10-8-16(5-6-21-10)13(18)9-3-4-11(15-14)12(7-9)17(19)20/h3-4,7,10,15H,2,5-6,8,14H2,1H3. The van der Waals surface area contributed by atoms with E-state index in [1.54, 1.807) is 4.90 Å². The van der Waals surface area contributed by atoms with E-state index in [4.69, 9.17) is 10.6 Å². The molecule has 2 rings (SSSR count). The van der Waals surface area contributed by atoms with E-state index in [-0.39, 0.29) is 28.9 Å². The smallest absolute Gasteiger partial charge is 0.294 e. The lowest BCUT2D eigenvalue weighted by atomic mass is 10.1. The summed E-state index contributed by atoms with van der Waals surface area (Å²) in [5.74, 6) is 4.99. The average molecular weight is 294 g/mol. The molecule has 1 amide bonds. The van der Waals surface area contributed by atoms with Gasteiger partial charge in [0.1, 0.15) is 5.69 Å². The van der Waals surface area contributed by atoms with Gasteiger partial charge in [0.25, 0.3) is 11.6 Å². The van der Waals surface area contributed by atoms with Crippen LogP contribution in [0.25, 0.3) is 0 Å². The minimum absolute atomic E-state index is 0.0164. The second-order valence-electron chi connectivity index (χ2n) is 4.79. The number of carbonyl (C=O) groups excluding carboxylic acids is 1. The minimum Gasteiger partial charge on any atom is -0.375 e. The van der Waals surface area contributed by atoms with Crippen molar-refractivity contribution in [3.63, 3.8) is 0 Å². The van der Waals surface area contributed by atoms with Crippen LogP contribution in [0.2, 0.25) is 0 Å². The Bertz CT molecular complexity index is 549. The first-order valence-electron chi connectivity index (χ1n) is 6.72. The first-order chi connectivity index (χ1) is 10.1. The Hall–Kier alpha value is -2.19. The SMILES string of the molecule is CCC1CN(C(=O)c2ccc(NN)c([N+](=O)[O-])c2)CCO1. The van der Waals surface area contributed by atoms with E-state index in [9.17, 15) is 14.9 Å². The molecule has 0 spiro atoms. The highest BCUT2D eigenvalue weighted by molar-refractivity contribution is 5.95. The predicted octanol–water partition coefficient (Wildman–Crippen LogP) is 1.13. The number of nitrogens with two attached hydrogens (primary N) is 1. The summed E-state index contributed by atoms with van der Waals surface area (Å²) in [6.45, 7) is 3.46. The van der Waals surface area contributed by atoms with E-state index in [0.717, 1.165) is 6.42 Å². The summed E-state index contributed by atoms with van der Waals surface area (Å²) < 4.78 is 5.51. The van der Waals surface area contributed by atoms with Gasteiger partial charge in [-0.2, -0.15) is 0 Å². The fourth-order valence-electron chi connectivity index (χ4n) is 2.27. The number of morpholine rings is 1. The number of nitrogens with one attached hydrogen (secondary N) is 1. The number of carbonyl (C=O) groups is 1. The molecule has 1 fully saturated rings. The normalized spacial score (nSPS) is 18.4. The Balaban J connectivity index is 2.23. The van der Waals surface area contributed by atoms with Crippen molar-refractivity contribution in [2.45, 2.75) is 19.4 Å². The molecular weight excluding hydrogens is 276 g/mol. The lowest BCUT2D eigenvalue weighted by Gasteiger charge is -2.32. The average Bonchev–Trinajstić information content (AvgIpc) is 2.53. The van der Waals surface area contributed by atoms with Crippen LogP contribution < -0.4 is 11.3 Å². The molecule has 1 aliphatic heterocycles. The molecule has 1 unspecified atom stereocenters. The van der Waals surface area contributed by atoms with Gasteiger partial charge >= 0.3 is 0 Å². The number of nitro benzene ring substituents is 1. The molecule has 0 saturated carbocycles. The number of hydrogen-bond donors (Lipinski definition) is 2. The van der Waals surface area contributed by atoms with E-state index < -0.39 is 4.92 Å².